The normalized spacial score (nSPS) is 38.5. The predicted octanol–water partition coefficient (Wildman–Crippen LogP) is 0.705. The summed E-state index contributed by atoms with van der Waals surface area (Å²) >= 11 is 0. The largest absolute Gasteiger partial charge is 0.481 e. The third-order valence-electron chi connectivity index (χ3n) is 2.55. The van der Waals surface area contributed by atoms with E-state index in [1.165, 1.54) is 0 Å². The van der Waals surface area contributed by atoms with Gasteiger partial charge in [0.05, 0.1) is 5.92 Å². The highest BCUT2D eigenvalue weighted by Gasteiger charge is 2.28. The molecular formula is C8H15NO2. The molecule has 0 saturated carbocycles. The minimum absolute atomic E-state index is 0.179. The van der Waals surface area contributed by atoms with E-state index in [-0.39, 0.29) is 5.92 Å². The van der Waals surface area contributed by atoms with Gasteiger partial charge in [-0.1, -0.05) is 6.92 Å². The van der Waals surface area contributed by atoms with Gasteiger partial charge in [-0.3, -0.25) is 4.79 Å². The third kappa shape index (κ3) is 1.93. The molecule has 3 unspecified atom stereocenters. The van der Waals surface area contributed by atoms with Crippen molar-refractivity contribution in [3.63, 3.8) is 0 Å². The Balaban J connectivity index is 2.46. The molecule has 1 aliphatic heterocycles. The highest BCUT2D eigenvalue weighted by molar-refractivity contribution is 5.70. The third-order valence-corrected chi connectivity index (χ3v) is 2.55. The van der Waals surface area contributed by atoms with Gasteiger partial charge in [0.25, 0.3) is 0 Å². The highest BCUT2D eigenvalue weighted by Crippen LogP contribution is 2.20. The number of carbonyl (C=O) groups is 1. The molecule has 1 rings (SSSR count). The van der Waals surface area contributed by atoms with Crippen LogP contribution in [0.15, 0.2) is 0 Å². The Morgan fingerprint density at radius 2 is 2.18 bits per heavy atom. The highest BCUT2D eigenvalue weighted by atomic mass is 16.4. The van der Waals surface area contributed by atoms with Crippen molar-refractivity contribution in [3.05, 3.63) is 0 Å². The fourth-order valence-corrected chi connectivity index (χ4v) is 1.45. The van der Waals surface area contributed by atoms with Gasteiger partial charge < -0.3 is 10.4 Å². The van der Waals surface area contributed by atoms with E-state index in [2.05, 4.69) is 19.2 Å². The van der Waals surface area contributed by atoms with E-state index in [0.717, 1.165) is 6.42 Å². The smallest absolute Gasteiger partial charge is 0.307 e. The average molecular weight is 157 g/mol. The summed E-state index contributed by atoms with van der Waals surface area (Å²) in [5.74, 6) is -0.373. The maximum absolute atomic E-state index is 10.6. The lowest BCUT2D eigenvalue weighted by Gasteiger charge is -2.30. The van der Waals surface area contributed by atoms with Gasteiger partial charge in [-0.05, 0) is 19.3 Å². The number of hydrogen-bond donors (Lipinski definition) is 2. The van der Waals surface area contributed by atoms with Gasteiger partial charge in [-0.15, -0.1) is 0 Å². The molecule has 0 aromatic carbocycles. The van der Waals surface area contributed by atoms with E-state index in [1.807, 2.05) is 0 Å². The molecule has 2 N–H and O–H groups in total. The molecule has 3 nitrogen and oxygen atoms in total. The van der Waals surface area contributed by atoms with Gasteiger partial charge in [0.1, 0.15) is 0 Å². The topological polar surface area (TPSA) is 49.3 Å². The van der Waals surface area contributed by atoms with Crippen LogP contribution < -0.4 is 5.32 Å². The zero-order valence-electron chi connectivity index (χ0n) is 7.00. The van der Waals surface area contributed by atoms with Gasteiger partial charge in [-0.2, -0.15) is 0 Å². The summed E-state index contributed by atoms with van der Waals surface area (Å²) < 4.78 is 0. The second-order valence-corrected chi connectivity index (χ2v) is 3.45. The SMILES string of the molecule is CC1CC(C(=O)O)CNC1C. The maximum Gasteiger partial charge on any atom is 0.307 e. The van der Waals surface area contributed by atoms with Crippen LogP contribution in [0.5, 0.6) is 0 Å². The van der Waals surface area contributed by atoms with Crippen LogP contribution in [0.1, 0.15) is 20.3 Å². The van der Waals surface area contributed by atoms with Crippen molar-refractivity contribution >= 4 is 5.97 Å². The molecule has 1 aliphatic rings. The summed E-state index contributed by atoms with van der Waals surface area (Å²) in [5.41, 5.74) is 0. The summed E-state index contributed by atoms with van der Waals surface area (Å²) in [6, 6.07) is 0.464. The summed E-state index contributed by atoms with van der Waals surface area (Å²) in [4.78, 5) is 10.6. The minimum atomic E-state index is -0.670. The molecule has 3 heteroatoms. The van der Waals surface area contributed by atoms with Crippen LogP contribution in [0.25, 0.3) is 0 Å². The second-order valence-electron chi connectivity index (χ2n) is 3.45. The van der Waals surface area contributed by atoms with Crippen molar-refractivity contribution in [2.45, 2.75) is 26.3 Å². The second kappa shape index (κ2) is 3.22. The monoisotopic (exact) mass is 157 g/mol. The van der Waals surface area contributed by atoms with Crippen molar-refractivity contribution in [2.75, 3.05) is 6.54 Å². The summed E-state index contributed by atoms with van der Waals surface area (Å²) in [7, 11) is 0. The molecule has 0 aromatic heterocycles. The number of carboxylic acids is 1. The Morgan fingerprint density at radius 3 is 2.64 bits per heavy atom. The van der Waals surface area contributed by atoms with E-state index in [9.17, 15) is 4.79 Å². The van der Waals surface area contributed by atoms with Crippen LogP contribution in [-0.4, -0.2) is 23.7 Å². The molecular weight excluding hydrogens is 142 g/mol. The fourth-order valence-electron chi connectivity index (χ4n) is 1.45. The number of nitrogens with one attached hydrogen (secondary N) is 1. The van der Waals surface area contributed by atoms with E-state index in [4.69, 9.17) is 5.11 Å². The first-order chi connectivity index (χ1) is 5.11. The first kappa shape index (κ1) is 8.53. The first-order valence-electron chi connectivity index (χ1n) is 4.07. The number of carboxylic acid groups (broad SMARTS) is 1. The first-order valence-corrected chi connectivity index (χ1v) is 4.07. The molecule has 1 fully saturated rings. The van der Waals surface area contributed by atoms with Crippen LogP contribution >= 0.6 is 0 Å². The van der Waals surface area contributed by atoms with Crippen molar-refractivity contribution in [1.82, 2.24) is 5.32 Å². The molecule has 0 spiro atoms. The van der Waals surface area contributed by atoms with Crippen molar-refractivity contribution < 1.29 is 9.90 Å². The molecule has 0 aliphatic carbocycles. The Hall–Kier alpha value is -0.570. The van der Waals surface area contributed by atoms with E-state index in [0.29, 0.717) is 18.5 Å². The number of piperidine rings is 1. The van der Waals surface area contributed by atoms with Gasteiger partial charge in [0.15, 0.2) is 0 Å². The molecule has 3 atom stereocenters. The van der Waals surface area contributed by atoms with Crippen molar-refractivity contribution in [3.8, 4) is 0 Å². The Morgan fingerprint density at radius 1 is 1.55 bits per heavy atom. The summed E-state index contributed by atoms with van der Waals surface area (Å²) in [6.45, 7) is 4.82. The van der Waals surface area contributed by atoms with Crippen molar-refractivity contribution in [2.24, 2.45) is 11.8 Å². The lowest BCUT2D eigenvalue weighted by molar-refractivity contribution is -0.143. The summed E-state index contributed by atoms with van der Waals surface area (Å²) in [6.07, 6.45) is 0.809. The molecule has 0 bridgehead atoms. The maximum atomic E-state index is 10.6. The van der Waals surface area contributed by atoms with Crippen LogP contribution in [0, 0.1) is 11.8 Å². The molecule has 0 radical (unpaired) electrons. The molecule has 1 heterocycles. The fraction of sp³-hybridized carbons (Fsp3) is 0.875. The van der Waals surface area contributed by atoms with Crippen LogP contribution in [0.3, 0.4) is 0 Å². The van der Waals surface area contributed by atoms with Crippen molar-refractivity contribution in [1.29, 1.82) is 0 Å². The van der Waals surface area contributed by atoms with Crippen LogP contribution in [0.4, 0.5) is 0 Å². The van der Waals surface area contributed by atoms with Crippen LogP contribution in [-0.2, 0) is 4.79 Å². The molecule has 1 saturated heterocycles. The van der Waals surface area contributed by atoms with Gasteiger partial charge in [0, 0.05) is 12.6 Å². The van der Waals surface area contributed by atoms with Gasteiger partial charge >= 0.3 is 5.97 Å². The van der Waals surface area contributed by atoms with E-state index < -0.39 is 5.97 Å². The van der Waals surface area contributed by atoms with Gasteiger partial charge in [-0.25, -0.2) is 0 Å². The molecule has 64 valence electrons. The number of rotatable bonds is 1. The Kier molecular flexibility index (Phi) is 2.49. The zero-order valence-corrected chi connectivity index (χ0v) is 7.00. The minimum Gasteiger partial charge on any atom is -0.481 e. The Bertz CT molecular complexity index is 158. The standard InChI is InChI=1S/C8H15NO2/c1-5-3-7(8(10)11)4-9-6(5)2/h5-7,9H,3-4H2,1-2H3,(H,10,11). The quantitative estimate of drug-likeness (QED) is 0.589. The molecule has 0 amide bonds. The van der Waals surface area contributed by atoms with E-state index >= 15 is 0 Å². The average Bonchev–Trinajstić information content (AvgIpc) is 1.94. The zero-order chi connectivity index (χ0) is 8.43. The number of hydrogen-bond acceptors (Lipinski definition) is 2. The Labute approximate surface area is 66.8 Å². The summed E-state index contributed by atoms with van der Waals surface area (Å²) in [5, 5.41) is 11.9. The van der Waals surface area contributed by atoms with Gasteiger partial charge in [0.2, 0.25) is 0 Å². The molecule has 0 aromatic rings. The van der Waals surface area contributed by atoms with E-state index in [1.54, 1.807) is 0 Å². The molecule has 11 heavy (non-hydrogen) atoms. The lowest BCUT2D eigenvalue weighted by atomic mass is 9.87. The number of aliphatic carboxylic acids is 1. The van der Waals surface area contributed by atoms with Crippen LogP contribution in [0.2, 0.25) is 0 Å². The predicted molar refractivity (Wildman–Crippen MR) is 42.4 cm³/mol. The lowest BCUT2D eigenvalue weighted by Crippen LogP contribution is -2.44.